The average molecular weight is 393 g/mol. The number of benzene rings is 2. The van der Waals surface area contributed by atoms with Gasteiger partial charge in [-0.05, 0) is 43.5 Å². The third-order valence-corrected chi connectivity index (χ3v) is 4.96. The van der Waals surface area contributed by atoms with Crippen molar-refractivity contribution in [2.75, 3.05) is 25.5 Å². The van der Waals surface area contributed by atoms with E-state index in [1.807, 2.05) is 43.5 Å². The molecule has 3 aromatic rings. The number of para-hydroxylation sites is 3. The quantitative estimate of drug-likeness (QED) is 0.577. The van der Waals surface area contributed by atoms with Crippen molar-refractivity contribution in [3.8, 4) is 5.75 Å². The molecule has 0 aliphatic rings. The van der Waals surface area contributed by atoms with E-state index in [1.165, 1.54) is 10.9 Å². The van der Waals surface area contributed by atoms with Crippen LogP contribution in [0.2, 0.25) is 0 Å². The van der Waals surface area contributed by atoms with Crippen LogP contribution >= 0.6 is 0 Å². The number of rotatable bonds is 9. The van der Waals surface area contributed by atoms with E-state index in [1.54, 1.807) is 24.1 Å². The van der Waals surface area contributed by atoms with Crippen LogP contribution < -0.4 is 10.1 Å². The molecule has 0 radical (unpaired) electrons. The summed E-state index contributed by atoms with van der Waals surface area (Å²) >= 11 is 0. The summed E-state index contributed by atoms with van der Waals surface area (Å²) in [5, 5.41) is 4.02. The first-order valence-electron chi connectivity index (χ1n) is 9.88. The zero-order chi connectivity index (χ0) is 20.6. The molecule has 0 fully saturated rings. The molecular weight excluding hydrogens is 366 g/mol. The number of aromatic nitrogens is 1. The van der Waals surface area contributed by atoms with Gasteiger partial charge in [0.2, 0.25) is 11.8 Å². The summed E-state index contributed by atoms with van der Waals surface area (Å²) in [5.74, 6) is 0.345. The Morgan fingerprint density at radius 3 is 2.66 bits per heavy atom. The number of ether oxygens (including phenoxy) is 1. The molecule has 2 aromatic carbocycles. The van der Waals surface area contributed by atoms with Crippen LogP contribution in [0.15, 0.2) is 54.7 Å². The van der Waals surface area contributed by atoms with Gasteiger partial charge in [-0.1, -0.05) is 30.3 Å². The fourth-order valence-corrected chi connectivity index (χ4v) is 3.41. The number of carbonyl (C=O) groups is 2. The molecular formula is C23H27N3O3. The standard InChI is InChI=1S/C23H27N3O3/c1-3-26(16-22(27)25-20-12-6-7-13-21(20)29-2)23(28)14-8-9-17-15-24-19-11-5-4-10-18(17)19/h4-7,10-13,15,24H,3,8-9,14,16H2,1-2H3,(H,25,27). The lowest BCUT2D eigenvalue weighted by Crippen LogP contribution is -2.37. The number of amides is 2. The van der Waals surface area contributed by atoms with Gasteiger partial charge in [0, 0.05) is 30.1 Å². The zero-order valence-corrected chi connectivity index (χ0v) is 16.9. The largest absolute Gasteiger partial charge is 0.495 e. The topological polar surface area (TPSA) is 74.4 Å². The number of aryl methyl sites for hydroxylation is 1. The van der Waals surface area contributed by atoms with Crippen LogP contribution in [-0.4, -0.2) is 41.9 Å². The first kappa shape index (κ1) is 20.5. The number of H-pyrrole nitrogens is 1. The van der Waals surface area contributed by atoms with Gasteiger partial charge >= 0.3 is 0 Å². The van der Waals surface area contributed by atoms with Gasteiger partial charge in [0.25, 0.3) is 0 Å². The van der Waals surface area contributed by atoms with Gasteiger partial charge in [-0.15, -0.1) is 0 Å². The molecule has 0 saturated heterocycles. The van der Waals surface area contributed by atoms with Crippen LogP contribution in [-0.2, 0) is 16.0 Å². The van der Waals surface area contributed by atoms with Crippen LogP contribution in [0.4, 0.5) is 5.69 Å². The van der Waals surface area contributed by atoms with Crippen LogP contribution in [0.5, 0.6) is 5.75 Å². The molecule has 2 amide bonds. The van der Waals surface area contributed by atoms with Crippen molar-refractivity contribution in [1.29, 1.82) is 0 Å². The molecule has 152 valence electrons. The highest BCUT2D eigenvalue weighted by atomic mass is 16.5. The van der Waals surface area contributed by atoms with E-state index in [9.17, 15) is 9.59 Å². The number of hydrogen-bond donors (Lipinski definition) is 2. The summed E-state index contributed by atoms with van der Waals surface area (Å²) in [5.41, 5.74) is 2.92. The van der Waals surface area contributed by atoms with Gasteiger partial charge in [0.15, 0.2) is 0 Å². The second-order valence-electron chi connectivity index (χ2n) is 6.87. The minimum absolute atomic E-state index is 0.0116. The van der Waals surface area contributed by atoms with Crippen molar-refractivity contribution in [2.45, 2.75) is 26.2 Å². The van der Waals surface area contributed by atoms with E-state index in [4.69, 9.17) is 4.74 Å². The molecule has 0 saturated carbocycles. The molecule has 0 unspecified atom stereocenters. The van der Waals surface area contributed by atoms with Crippen LogP contribution in [0.1, 0.15) is 25.3 Å². The second kappa shape index (κ2) is 9.78. The van der Waals surface area contributed by atoms with Crippen molar-refractivity contribution in [3.05, 3.63) is 60.3 Å². The fourth-order valence-electron chi connectivity index (χ4n) is 3.41. The molecule has 1 heterocycles. The van der Waals surface area contributed by atoms with Crippen molar-refractivity contribution in [3.63, 3.8) is 0 Å². The third kappa shape index (κ3) is 5.16. The number of nitrogens with one attached hydrogen (secondary N) is 2. The zero-order valence-electron chi connectivity index (χ0n) is 16.9. The van der Waals surface area contributed by atoms with Gasteiger partial charge in [-0.25, -0.2) is 0 Å². The maximum Gasteiger partial charge on any atom is 0.244 e. The summed E-state index contributed by atoms with van der Waals surface area (Å²) in [6.07, 6.45) is 3.98. The highest BCUT2D eigenvalue weighted by Crippen LogP contribution is 2.23. The predicted molar refractivity (Wildman–Crippen MR) is 115 cm³/mol. The Bertz CT molecular complexity index is 980. The summed E-state index contributed by atoms with van der Waals surface area (Å²) < 4.78 is 5.25. The van der Waals surface area contributed by atoms with Gasteiger partial charge in [-0.3, -0.25) is 9.59 Å². The molecule has 6 nitrogen and oxygen atoms in total. The molecule has 29 heavy (non-hydrogen) atoms. The van der Waals surface area contributed by atoms with Gasteiger partial charge in [0.05, 0.1) is 19.3 Å². The van der Waals surface area contributed by atoms with E-state index < -0.39 is 0 Å². The van der Waals surface area contributed by atoms with E-state index in [2.05, 4.69) is 16.4 Å². The Hall–Kier alpha value is -3.28. The molecule has 0 spiro atoms. The Morgan fingerprint density at radius 2 is 1.86 bits per heavy atom. The number of methoxy groups -OCH3 is 1. The Morgan fingerprint density at radius 1 is 1.10 bits per heavy atom. The number of hydrogen-bond acceptors (Lipinski definition) is 3. The first-order chi connectivity index (χ1) is 14.1. The lowest BCUT2D eigenvalue weighted by molar-refractivity contribution is -0.134. The number of anilines is 1. The Labute approximate surface area is 170 Å². The van der Waals surface area contributed by atoms with E-state index in [0.29, 0.717) is 24.4 Å². The number of fused-ring (bicyclic) bond motifs is 1. The maximum absolute atomic E-state index is 12.6. The SMILES string of the molecule is CCN(CC(=O)Nc1ccccc1OC)C(=O)CCCc1c[nH]c2ccccc12. The molecule has 0 bridgehead atoms. The number of likely N-dealkylation sites (N-methyl/N-ethyl adjacent to an activating group) is 1. The normalized spacial score (nSPS) is 10.7. The Kier molecular flexibility index (Phi) is 6.89. The monoisotopic (exact) mass is 393 g/mol. The number of aromatic amines is 1. The molecule has 6 heteroatoms. The lowest BCUT2D eigenvalue weighted by atomic mass is 10.1. The molecule has 0 atom stereocenters. The minimum atomic E-state index is -0.235. The summed E-state index contributed by atoms with van der Waals surface area (Å²) in [6, 6.07) is 15.4. The molecule has 3 rings (SSSR count). The van der Waals surface area contributed by atoms with Crippen LogP contribution in [0.3, 0.4) is 0 Å². The smallest absolute Gasteiger partial charge is 0.244 e. The maximum atomic E-state index is 12.6. The predicted octanol–water partition coefficient (Wildman–Crippen LogP) is 3.99. The number of carbonyl (C=O) groups excluding carboxylic acids is 2. The van der Waals surface area contributed by atoms with Gasteiger partial charge in [0.1, 0.15) is 5.75 Å². The van der Waals surface area contributed by atoms with Gasteiger partial charge in [-0.2, -0.15) is 0 Å². The van der Waals surface area contributed by atoms with Crippen LogP contribution in [0.25, 0.3) is 10.9 Å². The highest BCUT2D eigenvalue weighted by molar-refractivity contribution is 5.95. The molecule has 1 aromatic heterocycles. The molecule has 2 N–H and O–H groups in total. The molecule has 0 aliphatic heterocycles. The second-order valence-corrected chi connectivity index (χ2v) is 6.87. The lowest BCUT2D eigenvalue weighted by Gasteiger charge is -2.20. The van der Waals surface area contributed by atoms with Crippen molar-refractivity contribution in [2.24, 2.45) is 0 Å². The first-order valence-corrected chi connectivity index (χ1v) is 9.88. The summed E-state index contributed by atoms with van der Waals surface area (Å²) in [4.78, 5) is 29.8. The van der Waals surface area contributed by atoms with Crippen molar-refractivity contribution >= 4 is 28.4 Å². The van der Waals surface area contributed by atoms with Gasteiger partial charge < -0.3 is 19.9 Å². The van der Waals surface area contributed by atoms with E-state index >= 15 is 0 Å². The van der Waals surface area contributed by atoms with E-state index in [0.717, 1.165) is 18.4 Å². The van der Waals surface area contributed by atoms with Crippen molar-refractivity contribution < 1.29 is 14.3 Å². The fraction of sp³-hybridized carbons (Fsp3) is 0.304. The van der Waals surface area contributed by atoms with Crippen molar-refractivity contribution in [1.82, 2.24) is 9.88 Å². The average Bonchev–Trinajstić information content (AvgIpc) is 3.15. The number of nitrogens with zero attached hydrogens (tertiary/aromatic N) is 1. The highest BCUT2D eigenvalue weighted by Gasteiger charge is 2.16. The third-order valence-electron chi connectivity index (χ3n) is 4.96. The summed E-state index contributed by atoms with van der Waals surface area (Å²) in [6.45, 7) is 2.40. The Balaban J connectivity index is 1.51. The van der Waals surface area contributed by atoms with Crippen LogP contribution in [0, 0.1) is 0 Å². The van der Waals surface area contributed by atoms with E-state index in [-0.39, 0.29) is 18.4 Å². The minimum Gasteiger partial charge on any atom is -0.495 e. The summed E-state index contributed by atoms with van der Waals surface area (Å²) in [7, 11) is 1.56. The molecule has 0 aliphatic carbocycles.